The molecule has 0 bridgehead atoms. The molecule has 4 N–H and O–H groups in total. The molecule has 0 spiro atoms. The Morgan fingerprint density at radius 3 is 2.08 bits per heavy atom. The molecule has 0 amide bonds. The third-order valence-electron chi connectivity index (χ3n) is 1.84. The van der Waals surface area contributed by atoms with Gasteiger partial charge in [-0.25, -0.2) is 0 Å². The van der Waals surface area contributed by atoms with Gasteiger partial charge in [-0.2, -0.15) is 0 Å². The molecular weight excluding hydrogens is 232 g/mol. The number of hydrogen-bond acceptors (Lipinski definition) is 5. The zero-order valence-electron chi connectivity index (χ0n) is 6.17. The lowest BCUT2D eigenvalue weighted by Gasteiger charge is -2.37. The largest absolute Gasteiger partial charge is 0.388 e. The van der Waals surface area contributed by atoms with Gasteiger partial charge < -0.3 is 25.2 Å². The molecule has 0 radical (unpaired) electrons. The summed E-state index contributed by atoms with van der Waals surface area (Å²) in [5, 5.41) is 36.7. The third-order valence-corrected chi connectivity index (χ3v) is 2.48. The van der Waals surface area contributed by atoms with Crippen LogP contribution in [0.25, 0.3) is 0 Å². The Balaban J connectivity index is 2.63. The fourth-order valence-electron chi connectivity index (χ4n) is 1.06. The molecule has 6 heteroatoms. The van der Waals surface area contributed by atoms with Crippen LogP contribution in [0.15, 0.2) is 0 Å². The molecule has 0 aromatic heterocycles. The molecular formula is C6H11BrO5. The van der Waals surface area contributed by atoms with Crippen molar-refractivity contribution in [1.82, 2.24) is 0 Å². The fourth-order valence-corrected chi connectivity index (χ4v) is 1.59. The van der Waals surface area contributed by atoms with Crippen LogP contribution in [-0.2, 0) is 4.74 Å². The van der Waals surface area contributed by atoms with Crippen LogP contribution in [0.1, 0.15) is 0 Å². The molecule has 1 saturated heterocycles. The molecule has 0 aliphatic carbocycles. The zero-order chi connectivity index (χ0) is 9.30. The Kier molecular flexibility index (Phi) is 3.45. The number of hydrogen-bond donors (Lipinski definition) is 4. The Morgan fingerprint density at radius 2 is 1.58 bits per heavy atom. The number of aliphatic hydroxyl groups is 4. The van der Waals surface area contributed by atoms with E-state index in [1.54, 1.807) is 0 Å². The fraction of sp³-hybridized carbons (Fsp3) is 1.00. The van der Waals surface area contributed by atoms with Crippen LogP contribution in [0.3, 0.4) is 0 Å². The molecule has 1 rings (SSSR count). The van der Waals surface area contributed by atoms with Crippen molar-refractivity contribution in [2.24, 2.45) is 0 Å². The van der Waals surface area contributed by atoms with Crippen molar-refractivity contribution < 1.29 is 25.2 Å². The van der Waals surface area contributed by atoms with E-state index >= 15 is 0 Å². The van der Waals surface area contributed by atoms with Gasteiger partial charge in [0.05, 0.1) is 6.10 Å². The number of alkyl halides is 1. The maximum absolute atomic E-state index is 9.25. The van der Waals surface area contributed by atoms with Crippen molar-refractivity contribution in [3.05, 3.63) is 0 Å². The predicted octanol–water partition coefficient (Wildman–Crippen LogP) is -1.82. The van der Waals surface area contributed by atoms with Gasteiger partial charge in [0.2, 0.25) is 0 Å². The van der Waals surface area contributed by atoms with Crippen molar-refractivity contribution in [2.75, 3.05) is 5.33 Å². The Labute approximate surface area is 77.7 Å². The maximum atomic E-state index is 9.25. The van der Waals surface area contributed by atoms with Crippen LogP contribution in [0.4, 0.5) is 0 Å². The molecule has 72 valence electrons. The first-order chi connectivity index (χ1) is 5.57. The highest BCUT2D eigenvalue weighted by Crippen LogP contribution is 2.20. The first-order valence-electron chi connectivity index (χ1n) is 3.51. The smallest absolute Gasteiger partial charge is 0.183 e. The summed E-state index contributed by atoms with van der Waals surface area (Å²) in [6, 6.07) is 0. The van der Waals surface area contributed by atoms with E-state index in [9.17, 15) is 5.11 Å². The molecule has 1 aliphatic rings. The van der Waals surface area contributed by atoms with Crippen molar-refractivity contribution in [2.45, 2.75) is 30.7 Å². The van der Waals surface area contributed by atoms with Gasteiger partial charge in [-0.3, -0.25) is 0 Å². The van der Waals surface area contributed by atoms with E-state index in [0.29, 0.717) is 0 Å². The van der Waals surface area contributed by atoms with Crippen LogP contribution in [0.2, 0.25) is 0 Å². The molecule has 2 unspecified atom stereocenters. The highest BCUT2D eigenvalue weighted by molar-refractivity contribution is 9.09. The Bertz CT molecular complexity index is 150. The zero-order valence-corrected chi connectivity index (χ0v) is 7.75. The summed E-state index contributed by atoms with van der Waals surface area (Å²) in [5.41, 5.74) is 0. The molecule has 1 heterocycles. The summed E-state index contributed by atoms with van der Waals surface area (Å²) >= 11 is 3.04. The van der Waals surface area contributed by atoms with Gasteiger partial charge in [0.1, 0.15) is 18.3 Å². The van der Waals surface area contributed by atoms with Gasteiger partial charge in [0.25, 0.3) is 0 Å². The number of aliphatic hydroxyl groups excluding tert-OH is 4. The van der Waals surface area contributed by atoms with Gasteiger partial charge in [-0.15, -0.1) is 0 Å². The first kappa shape index (κ1) is 10.4. The second kappa shape index (κ2) is 3.99. The monoisotopic (exact) mass is 242 g/mol. The molecule has 1 aliphatic heterocycles. The predicted molar refractivity (Wildman–Crippen MR) is 42.7 cm³/mol. The third kappa shape index (κ3) is 1.78. The lowest BCUT2D eigenvalue weighted by molar-refractivity contribution is -0.276. The molecule has 1 fully saturated rings. The topological polar surface area (TPSA) is 90.2 Å². The summed E-state index contributed by atoms with van der Waals surface area (Å²) in [4.78, 5) is 0. The lowest BCUT2D eigenvalue weighted by Crippen LogP contribution is -2.57. The van der Waals surface area contributed by atoms with Gasteiger partial charge >= 0.3 is 0 Å². The summed E-state index contributed by atoms with van der Waals surface area (Å²) in [6.45, 7) is 0. The van der Waals surface area contributed by atoms with Crippen LogP contribution >= 0.6 is 15.9 Å². The van der Waals surface area contributed by atoms with E-state index in [1.165, 1.54) is 0 Å². The SMILES string of the molecule is OC1[C@H](O)C(CBr)O[C@H](O)[C@H]1O. The highest BCUT2D eigenvalue weighted by Gasteiger charge is 2.42. The Morgan fingerprint density at radius 1 is 1.00 bits per heavy atom. The molecule has 5 nitrogen and oxygen atoms in total. The van der Waals surface area contributed by atoms with Crippen LogP contribution in [0, 0.1) is 0 Å². The summed E-state index contributed by atoms with van der Waals surface area (Å²) in [5.74, 6) is 0. The van der Waals surface area contributed by atoms with Crippen molar-refractivity contribution in [3.63, 3.8) is 0 Å². The van der Waals surface area contributed by atoms with E-state index in [1.807, 2.05) is 0 Å². The normalized spacial score (nSPS) is 49.2. The van der Waals surface area contributed by atoms with Crippen molar-refractivity contribution >= 4 is 15.9 Å². The first-order valence-corrected chi connectivity index (χ1v) is 4.63. The molecule has 0 aromatic rings. The van der Waals surface area contributed by atoms with E-state index in [4.69, 9.17) is 20.1 Å². The molecule has 12 heavy (non-hydrogen) atoms. The van der Waals surface area contributed by atoms with Crippen molar-refractivity contribution in [3.8, 4) is 0 Å². The van der Waals surface area contributed by atoms with Gasteiger partial charge in [0, 0.05) is 5.33 Å². The second-order valence-corrected chi connectivity index (χ2v) is 3.34. The average molecular weight is 243 g/mol. The highest BCUT2D eigenvalue weighted by atomic mass is 79.9. The maximum Gasteiger partial charge on any atom is 0.183 e. The van der Waals surface area contributed by atoms with E-state index in [2.05, 4.69) is 15.9 Å². The van der Waals surface area contributed by atoms with Crippen LogP contribution < -0.4 is 0 Å². The van der Waals surface area contributed by atoms with Gasteiger partial charge in [-0.1, -0.05) is 15.9 Å². The molecule has 0 aromatic carbocycles. The standard InChI is InChI=1S/C6H11BrO5/c7-1-2-3(8)4(9)5(10)6(11)12-2/h2-6,8-11H,1H2/t2?,3-,4?,5+,6+/m1/s1. The minimum atomic E-state index is -1.45. The number of ether oxygens (including phenoxy) is 1. The van der Waals surface area contributed by atoms with E-state index in [-0.39, 0.29) is 5.33 Å². The van der Waals surface area contributed by atoms with Crippen LogP contribution in [0.5, 0.6) is 0 Å². The second-order valence-electron chi connectivity index (χ2n) is 2.69. The Hall–Kier alpha value is 0.280. The quantitative estimate of drug-likeness (QED) is 0.407. The van der Waals surface area contributed by atoms with Gasteiger partial charge in [0.15, 0.2) is 6.29 Å². The number of rotatable bonds is 1. The average Bonchev–Trinajstić information content (AvgIpc) is 2.08. The van der Waals surface area contributed by atoms with E-state index < -0.39 is 30.7 Å². The minimum absolute atomic E-state index is 0.287. The molecule has 0 saturated carbocycles. The number of halogens is 1. The van der Waals surface area contributed by atoms with Crippen molar-refractivity contribution in [1.29, 1.82) is 0 Å². The summed E-state index contributed by atoms with van der Waals surface area (Å²) < 4.78 is 4.78. The lowest BCUT2D eigenvalue weighted by atomic mass is 10.0. The van der Waals surface area contributed by atoms with E-state index in [0.717, 1.165) is 0 Å². The molecule has 5 atom stereocenters. The summed E-state index contributed by atoms with van der Waals surface area (Å²) in [7, 11) is 0. The van der Waals surface area contributed by atoms with Gasteiger partial charge in [-0.05, 0) is 0 Å². The summed E-state index contributed by atoms with van der Waals surface area (Å²) in [6.07, 6.45) is -6.13. The minimum Gasteiger partial charge on any atom is -0.388 e. The van der Waals surface area contributed by atoms with Crippen LogP contribution in [-0.4, -0.2) is 56.5 Å².